The predicted octanol–water partition coefficient (Wildman–Crippen LogP) is 0.670. The summed E-state index contributed by atoms with van der Waals surface area (Å²) < 4.78 is 29.6. The molecule has 1 aliphatic heterocycles. The first-order valence-corrected chi connectivity index (χ1v) is 11.1. The molecule has 10 heteroatoms. The van der Waals surface area contributed by atoms with E-state index in [4.69, 9.17) is 0 Å². The highest BCUT2D eigenvalue weighted by molar-refractivity contribution is 7.88. The fourth-order valence-corrected chi connectivity index (χ4v) is 5.44. The third-order valence-corrected chi connectivity index (χ3v) is 7.29. The first-order chi connectivity index (χ1) is 13.8. The molecule has 0 amide bonds. The lowest BCUT2D eigenvalue weighted by molar-refractivity contribution is 0.310. The zero-order chi connectivity index (χ0) is 20.8. The maximum absolute atomic E-state index is 12.9. The van der Waals surface area contributed by atoms with Gasteiger partial charge < -0.3 is 4.98 Å². The molecule has 1 unspecified atom stereocenters. The average molecular weight is 417 g/mol. The molecule has 1 fully saturated rings. The van der Waals surface area contributed by atoms with Gasteiger partial charge in [0.1, 0.15) is 11.3 Å². The third-order valence-electron chi connectivity index (χ3n) is 5.47. The van der Waals surface area contributed by atoms with Crippen molar-refractivity contribution >= 4 is 21.2 Å². The largest absolute Gasteiger partial charge is 0.336 e. The van der Waals surface area contributed by atoms with Gasteiger partial charge in [-0.1, -0.05) is 30.3 Å². The van der Waals surface area contributed by atoms with Crippen molar-refractivity contribution in [3.05, 3.63) is 62.6 Å². The molecule has 1 aliphatic rings. The zero-order valence-electron chi connectivity index (χ0n) is 16.3. The summed E-state index contributed by atoms with van der Waals surface area (Å²) in [4.78, 5) is 32.0. The minimum absolute atomic E-state index is 0.0459. The highest BCUT2D eigenvalue weighted by atomic mass is 32.2. The van der Waals surface area contributed by atoms with Gasteiger partial charge in [0.2, 0.25) is 10.0 Å². The zero-order valence-corrected chi connectivity index (χ0v) is 17.1. The quantitative estimate of drug-likeness (QED) is 0.671. The van der Waals surface area contributed by atoms with Crippen LogP contribution in [-0.4, -0.2) is 44.9 Å². The molecule has 9 nitrogen and oxygen atoms in total. The summed E-state index contributed by atoms with van der Waals surface area (Å²) in [5.41, 5.74) is 0.408. The number of H-pyrrole nitrogens is 1. The van der Waals surface area contributed by atoms with Crippen LogP contribution in [0.3, 0.4) is 0 Å². The molecular weight excluding hydrogens is 394 g/mol. The summed E-state index contributed by atoms with van der Waals surface area (Å²) >= 11 is 0. The fraction of sp³-hybridized carbons (Fsp3) is 0.421. The van der Waals surface area contributed by atoms with Gasteiger partial charge in [-0.05, 0) is 18.4 Å². The molecule has 3 heterocycles. The van der Waals surface area contributed by atoms with Gasteiger partial charge in [0.05, 0.1) is 5.75 Å². The Morgan fingerprint density at radius 1 is 1.14 bits per heavy atom. The lowest BCUT2D eigenvalue weighted by atomic mass is 9.99. The van der Waals surface area contributed by atoms with E-state index in [0.29, 0.717) is 25.3 Å². The molecule has 3 aromatic rings. The first kappa shape index (κ1) is 19.6. The molecule has 1 N–H and O–H groups in total. The topological polar surface area (TPSA) is 110 Å². The third kappa shape index (κ3) is 3.53. The van der Waals surface area contributed by atoms with Gasteiger partial charge in [0.15, 0.2) is 5.65 Å². The summed E-state index contributed by atoms with van der Waals surface area (Å²) in [5, 5.41) is 0. The van der Waals surface area contributed by atoms with Crippen LogP contribution >= 0.6 is 0 Å². The van der Waals surface area contributed by atoms with Gasteiger partial charge in [-0.25, -0.2) is 22.5 Å². The van der Waals surface area contributed by atoms with Crippen LogP contribution in [-0.2, 0) is 29.9 Å². The number of aromatic amines is 1. The van der Waals surface area contributed by atoms with Crippen LogP contribution in [0.15, 0.2) is 39.9 Å². The number of hydrogen-bond acceptors (Lipinski definition) is 5. The minimum Gasteiger partial charge on any atom is -0.336 e. The molecule has 0 saturated carbocycles. The van der Waals surface area contributed by atoms with Gasteiger partial charge in [-0.2, -0.15) is 0 Å². The number of aromatic nitrogens is 4. The highest BCUT2D eigenvalue weighted by Gasteiger charge is 2.31. The van der Waals surface area contributed by atoms with E-state index in [1.54, 1.807) is 19.2 Å². The summed E-state index contributed by atoms with van der Waals surface area (Å²) in [5.74, 6) is 0.329. The van der Waals surface area contributed by atoms with Gasteiger partial charge >= 0.3 is 5.69 Å². The average Bonchev–Trinajstić information content (AvgIpc) is 3.17. The van der Waals surface area contributed by atoms with Crippen LogP contribution in [0.25, 0.3) is 11.2 Å². The van der Waals surface area contributed by atoms with E-state index in [1.165, 1.54) is 15.9 Å². The molecule has 1 saturated heterocycles. The Morgan fingerprint density at radius 2 is 1.86 bits per heavy atom. The second kappa shape index (κ2) is 7.27. The Hall–Kier alpha value is -2.72. The lowest BCUT2D eigenvalue weighted by Gasteiger charge is -2.31. The van der Waals surface area contributed by atoms with Gasteiger partial charge in [0, 0.05) is 33.1 Å². The number of imidazole rings is 1. The van der Waals surface area contributed by atoms with Crippen LogP contribution in [0.5, 0.6) is 0 Å². The Balaban J connectivity index is 1.64. The lowest BCUT2D eigenvalue weighted by Crippen LogP contribution is -2.40. The number of fused-ring (bicyclic) bond motifs is 1. The van der Waals surface area contributed by atoms with Crippen molar-refractivity contribution in [1.29, 1.82) is 0 Å². The number of nitrogens with one attached hydrogen (secondary N) is 1. The van der Waals surface area contributed by atoms with Crippen molar-refractivity contribution in [1.82, 2.24) is 23.4 Å². The number of aryl methyl sites for hydroxylation is 1. The van der Waals surface area contributed by atoms with Crippen molar-refractivity contribution < 1.29 is 8.42 Å². The molecule has 4 rings (SSSR count). The molecule has 1 atom stereocenters. The van der Waals surface area contributed by atoms with Crippen molar-refractivity contribution in [2.75, 3.05) is 13.1 Å². The summed E-state index contributed by atoms with van der Waals surface area (Å²) in [7, 11) is -0.485. The summed E-state index contributed by atoms with van der Waals surface area (Å²) in [6.07, 6.45) is 1.46. The Labute approximate surface area is 167 Å². The number of benzene rings is 1. The predicted molar refractivity (Wildman–Crippen MR) is 109 cm³/mol. The summed E-state index contributed by atoms with van der Waals surface area (Å²) in [6.45, 7) is 0.759. The normalized spacial score (nSPS) is 18.3. The van der Waals surface area contributed by atoms with E-state index >= 15 is 0 Å². The van der Waals surface area contributed by atoms with Crippen LogP contribution in [0, 0.1) is 0 Å². The molecule has 29 heavy (non-hydrogen) atoms. The fourth-order valence-electron chi connectivity index (χ4n) is 3.83. The van der Waals surface area contributed by atoms with E-state index in [9.17, 15) is 18.0 Å². The van der Waals surface area contributed by atoms with Crippen molar-refractivity contribution in [2.24, 2.45) is 14.1 Å². The molecule has 2 aromatic heterocycles. The van der Waals surface area contributed by atoms with E-state index < -0.39 is 21.3 Å². The number of sulfonamides is 1. The van der Waals surface area contributed by atoms with Crippen LogP contribution < -0.4 is 11.2 Å². The van der Waals surface area contributed by atoms with Gasteiger partial charge in [-0.3, -0.25) is 13.9 Å². The second-order valence-corrected chi connectivity index (χ2v) is 9.43. The Kier molecular flexibility index (Phi) is 4.91. The van der Waals surface area contributed by atoms with Crippen molar-refractivity contribution in [3.8, 4) is 0 Å². The van der Waals surface area contributed by atoms with Crippen molar-refractivity contribution in [2.45, 2.75) is 24.5 Å². The summed E-state index contributed by atoms with van der Waals surface area (Å²) in [6, 6.07) is 9.10. The maximum Gasteiger partial charge on any atom is 0.332 e. The standard InChI is InChI=1S/C19H23N5O4S/c1-22-17-15(18(25)23(2)19(22)26)20-16(21-17)14-9-6-10-24(11-14)29(27,28)12-13-7-4-3-5-8-13/h3-5,7-8,14H,6,9-12H2,1-2H3,(H,20,21). The Morgan fingerprint density at radius 3 is 2.59 bits per heavy atom. The van der Waals surface area contributed by atoms with Crippen LogP contribution in [0.4, 0.5) is 0 Å². The monoisotopic (exact) mass is 417 g/mol. The maximum atomic E-state index is 12.9. The Bertz CT molecular complexity index is 1270. The van der Waals surface area contributed by atoms with Crippen LogP contribution in [0.1, 0.15) is 30.1 Å². The molecular formula is C19H23N5O4S. The molecule has 0 spiro atoms. The second-order valence-electron chi connectivity index (χ2n) is 7.47. The first-order valence-electron chi connectivity index (χ1n) is 9.45. The van der Waals surface area contributed by atoms with E-state index in [0.717, 1.165) is 16.6 Å². The highest BCUT2D eigenvalue weighted by Crippen LogP contribution is 2.28. The molecule has 0 aliphatic carbocycles. The molecule has 0 bridgehead atoms. The molecule has 1 aromatic carbocycles. The minimum atomic E-state index is -3.47. The number of hydrogen-bond donors (Lipinski definition) is 1. The van der Waals surface area contributed by atoms with Crippen LogP contribution in [0.2, 0.25) is 0 Å². The van der Waals surface area contributed by atoms with Crippen molar-refractivity contribution in [3.63, 3.8) is 0 Å². The van der Waals surface area contributed by atoms with E-state index in [2.05, 4.69) is 9.97 Å². The van der Waals surface area contributed by atoms with E-state index in [-0.39, 0.29) is 22.8 Å². The molecule has 0 radical (unpaired) electrons. The number of rotatable bonds is 4. The smallest absolute Gasteiger partial charge is 0.332 e. The molecule has 154 valence electrons. The van der Waals surface area contributed by atoms with Gasteiger partial charge in [-0.15, -0.1) is 0 Å². The van der Waals surface area contributed by atoms with Gasteiger partial charge in [0.25, 0.3) is 5.56 Å². The SMILES string of the molecule is Cn1c(=O)c2[nH]c(C3CCCN(S(=O)(=O)Cc4ccccc4)C3)nc2n(C)c1=O. The number of nitrogens with zero attached hydrogens (tertiary/aromatic N) is 4. The number of piperidine rings is 1. The van der Waals surface area contributed by atoms with E-state index in [1.807, 2.05) is 18.2 Å².